The van der Waals surface area contributed by atoms with Gasteiger partial charge in [-0.05, 0) is 12.1 Å². The molecule has 0 aliphatic carbocycles. The highest BCUT2D eigenvalue weighted by Crippen LogP contribution is 2.21. The summed E-state index contributed by atoms with van der Waals surface area (Å²) in [6, 6.07) is 3.17. The minimum absolute atomic E-state index is 0.160. The molecule has 1 aromatic carbocycles. The maximum atomic E-state index is 13.1. The standard InChI is InChI=1S/C11H12FN3O4/c12-8-2-1-7(5-9(8)15(17)18)14-11(16)10-6-13-3-4-19-10/h1-2,5,10,13H,3-4,6H2,(H,14,16). The van der Waals surface area contributed by atoms with Crippen molar-refractivity contribution in [3.05, 3.63) is 34.1 Å². The summed E-state index contributed by atoms with van der Waals surface area (Å²) in [4.78, 5) is 21.5. The molecule has 19 heavy (non-hydrogen) atoms. The predicted octanol–water partition coefficient (Wildman–Crippen LogP) is 0.661. The Hall–Kier alpha value is -2.06. The third-order valence-electron chi connectivity index (χ3n) is 2.63. The SMILES string of the molecule is O=C(Nc1ccc(F)c([N+](=O)[O-])c1)C1CNCCO1. The summed E-state index contributed by atoms with van der Waals surface area (Å²) in [5.41, 5.74) is -0.521. The van der Waals surface area contributed by atoms with Crippen LogP contribution < -0.4 is 10.6 Å². The van der Waals surface area contributed by atoms with Crippen LogP contribution in [0.25, 0.3) is 0 Å². The number of hydrogen-bond donors (Lipinski definition) is 2. The van der Waals surface area contributed by atoms with Crippen molar-refractivity contribution >= 4 is 17.3 Å². The van der Waals surface area contributed by atoms with E-state index in [1.54, 1.807) is 0 Å². The van der Waals surface area contributed by atoms with E-state index in [0.29, 0.717) is 19.7 Å². The number of rotatable bonds is 3. The van der Waals surface area contributed by atoms with E-state index >= 15 is 0 Å². The molecule has 1 saturated heterocycles. The molecule has 2 N–H and O–H groups in total. The zero-order chi connectivity index (χ0) is 13.8. The lowest BCUT2D eigenvalue weighted by atomic mass is 10.2. The first kappa shape index (κ1) is 13.4. The highest BCUT2D eigenvalue weighted by atomic mass is 19.1. The summed E-state index contributed by atoms with van der Waals surface area (Å²) in [5.74, 6) is -1.37. The van der Waals surface area contributed by atoms with Gasteiger partial charge in [-0.2, -0.15) is 4.39 Å². The van der Waals surface area contributed by atoms with Gasteiger partial charge in [0.2, 0.25) is 5.82 Å². The van der Waals surface area contributed by atoms with Gasteiger partial charge in [-0.3, -0.25) is 14.9 Å². The minimum atomic E-state index is -0.946. The van der Waals surface area contributed by atoms with Crippen LogP contribution in [0.2, 0.25) is 0 Å². The largest absolute Gasteiger partial charge is 0.366 e. The first-order valence-corrected chi connectivity index (χ1v) is 5.65. The lowest BCUT2D eigenvalue weighted by molar-refractivity contribution is -0.387. The number of morpholine rings is 1. The fraction of sp³-hybridized carbons (Fsp3) is 0.364. The van der Waals surface area contributed by atoms with E-state index in [1.807, 2.05) is 0 Å². The molecule has 0 saturated carbocycles. The van der Waals surface area contributed by atoms with Crippen LogP contribution in [0.1, 0.15) is 0 Å². The van der Waals surface area contributed by atoms with Crippen molar-refractivity contribution < 1.29 is 18.8 Å². The molecular formula is C11H12FN3O4. The van der Waals surface area contributed by atoms with Gasteiger partial charge in [-0.15, -0.1) is 0 Å². The molecule has 0 spiro atoms. The second-order valence-corrected chi connectivity index (χ2v) is 3.98. The van der Waals surface area contributed by atoms with Gasteiger partial charge >= 0.3 is 5.69 Å². The number of carbonyl (C=O) groups excluding carboxylic acids is 1. The normalized spacial score (nSPS) is 18.9. The number of benzene rings is 1. The van der Waals surface area contributed by atoms with Gasteiger partial charge in [0, 0.05) is 24.8 Å². The molecule has 0 bridgehead atoms. The molecule has 1 atom stereocenters. The van der Waals surface area contributed by atoms with Gasteiger partial charge in [0.05, 0.1) is 11.5 Å². The zero-order valence-electron chi connectivity index (χ0n) is 9.89. The molecule has 102 valence electrons. The van der Waals surface area contributed by atoms with Crippen LogP contribution in [0.15, 0.2) is 18.2 Å². The number of nitrogens with one attached hydrogen (secondary N) is 2. The van der Waals surface area contributed by atoms with E-state index in [-0.39, 0.29) is 5.69 Å². The van der Waals surface area contributed by atoms with Crippen LogP contribution in [-0.2, 0) is 9.53 Å². The van der Waals surface area contributed by atoms with E-state index < -0.39 is 28.4 Å². The zero-order valence-corrected chi connectivity index (χ0v) is 9.89. The maximum Gasteiger partial charge on any atom is 0.306 e. The third-order valence-corrected chi connectivity index (χ3v) is 2.63. The minimum Gasteiger partial charge on any atom is -0.366 e. The Balaban J connectivity index is 2.08. The molecule has 1 fully saturated rings. The molecule has 2 rings (SSSR count). The Morgan fingerprint density at radius 1 is 1.58 bits per heavy atom. The molecule has 8 heteroatoms. The van der Waals surface area contributed by atoms with E-state index in [4.69, 9.17) is 4.74 Å². The first-order chi connectivity index (χ1) is 9.08. The smallest absolute Gasteiger partial charge is 0.306 e. The highest BCUT2D eigenvalue weighted by molar-refractivity contribution is 5.94. The molecule has 1 heterocycles. The van der Waals surface area contributed by atoms with Crippen LogP contribution in [0.5, 0.6) is 0 Å². The van der Waals surface area contributed by atoms with Gasteiger partial charge in [-0.1, -0.05) is 0 Å². The average Bonchev–Trinajstić information content (AvgIpc) is 2.41. The number of nitro benzene ring substituents is 1. The first-order valence-electron chi connectivity index (χ1n) is 5.65. The lowest BCUT2D eigenvalue weighted by Crippen LogP contribution is -2.45. The Labute approximate surface area is 107 Å². The average molecular weight is 269 g/mol. The number of nitrogens with zero attached hydrogens (tertiary/aromatic N) is 1. The van der Waals surface area contributed by atoms with Crippen molar-refractivity contribution in [2.24, 2.45) is 0 Å². The van der Waals surface area contributed by atoms with Crippen LogP contribution in [0.3, 0.4) is 0 Å². The molecule has 1 amide bonds. The number of anilines is 1. The number of nitro groups is 1. The fourth-order valence-corrected chi connectivity index (χ4v) is 1.69. The van der Waals surface area contributed by atoms with Gasteiger partial charge in [0.1, 0.15) is 6.10 Å². The van der Waals surface area contributed by atoms with Crippen LogP contribution in [-0.4, -0.2) is 36.6 Å². The van der Waals surface area contributed by atoms with Crippen molar-refractivity contribution in [1.82, 2.24) is 5.32 Å². The van der Waals surface area contributed by atoms with Crippen LogP contribution in [0.4, 0.5) is 15.8 Å². The Bertz CT molecular complexity index is 503. The van der Waals surface area contributed by atoms with Gasteiger partial charge in [0.25, 0.3) is 5.91 Å². The fourth-order valence-electron chi connectivity index (χ4n) is 1.69. The number of halogens is 1. The summed E-state index contributed by atoms with van der Waals surface area (Å²) >= 11 is 0. The van der Waals surface area contributed by atoms with E-state index in [1.165, 1.54) is 6.07 Å². The molecule has 1 aromatic rings. The highest BCUT2D eigenvalue weighted by Gasteiger charge is 2.23. The molecule has 0 aromatic heterocycles. The molecule has 1 aliphatic heterocycles. The summed E-state index contributed by atoms with van der Waals surface area (Å²) in [6.45, 7) is 1.46. The molecule has 7 nitrogen and oxygen atoms in total. The molecule has 0 radical (unpaired) electrons. The topological polar surface area (TPSA) is 93.5 Å². The van der Waals surface area contributed by atoms with E-state index in [2.05, 4.69) is 10.6 Å². The van der Waals surface area contributed by atoms with Gasteiger partial charge < -0.3 is 15.4 Å². The number of ether oxygens (including phenoxy) is 1. The second-order valence-electron chi connectivity index (χ2n) is 3.98. The lowest BCUT2D eigenvalue weighted by Gasteiger charge is -2.22. The van der Waals surface area contributed by atoms with Gasteiger partial charge in [0.15, 0.2) is 0 Å². The predicted molar refractivity (Wildman–Crippen MR) is 64.3 cm³/mol. The molecule has 1 aliphatic rings. The van der Waals surface area contributed by atoms with Gasteiger partial charge in [-0.25, -0.2) is 0 Å². The van der Waals surface area contributed by atoms with Crippen molar-refractivity contribution in [2.45, 2.75) is 6.10 Å². The summed E-state index contributed by atoms with van der Waals surface area (Å²) < 4.78 is 18.4. The quantitative estimate of drug-likeness (QED) is 0.621. The second kappa shape index (κ2) is 5.72. The number of amides is 1. The summed E-state index contributed by atoms with van der Waals surface area (Å²) in [5, 5.41) is 16.0. The third kappa shape index (κ3) is 3.24. The number of hydrogen-bond acceptors (Lipinski definition) is 5. The Kier molecular flexibility index (Phi) is 4.03. The Morgan fingerprint density at radius 3 is 3.00 bits per heavy atom. The van der Waals surface area contributed by atoms with Crippen molar-refractivity contribution in [3.8, 4) is 0 Å². The van der Waals surface area contributed by atoms with Crippen molar-refractivity contribution in [3.63, 3.8) is 0 Å². The van der Waals surface area contributed by atoms with Crippen LogP contribution in [0, 0.1) is 15.9 Å². The monoisotopic (exact) mass is 269 g/mol. The van der Waals surface area contributed by atoms with E-state index in [9.17, 15) is 19.3 Å². The molecular weight excluding hydrogens is 257 g/mol. The summed E-state index contributed by atoms with van der Waals surface area (Å²) in [6.07, 6.45) is -0.655. The molecule has 1 unspecified atom stereocenters. The van der Waals surface area contributed by atoms with Crippen LogP contribution >= 0.6 is 0 Å². The maximum absolute atomic E-state index is 13.1. The van der Waals surface area contributed by atoms with E-state index in [0.717, 1.165) is 12.1 Å². The Morgan fingerprint density at radius 2 is 2.37 bits per heavy atom. The van der Waals surface area contributed by atoms with Crippen molar-refractivity contribution in [2.75, 3.05) is 25.0 Å². The number of carbonyl (C=O) groups is 1. The summed E-state index contributed by atoms with van der Waals surface area (Å²) in [7, 11) is 0. The van der Waals surface area contributed by atoms with Crippen molar-refractivity contribution in [1.29, 1.82) is 0 Å².